The van der Waals surface area contributed by atoms with Crippen LogP contribution in [0.4, 0.5) is 0 Å². The van der Waals surface area contributed by atoms with Gasteiger partial charge in [-0.05, 0) is 51.4 Å². The Kier molecular flexibility index (Phi) is 4.32. The second kappa shape index (κ2) is 6.84. The molecule has 0 radical (unpaired) electrons. The van der Waals surface area contributed by atoms with E-state index in [0.717, 1.165) is 30.8 Å². The van der Waals surface area contributed by atoms with E-state index >= 15 is 0 Å². The van der Waals surface area contributed by atoms with Crippen molar-refractivity contribution in [1.29, 1.82) is 0 Å². The average molecular weight is 365 g/mol. The van der Waals surface area contributed by atoms with E-state index in [9.17, 15) is 4.79 Å². The zero-order chi connectivity index (χ0) is 18.4. The smallest absolute Gasteiger partial charge is 0.250 e. The van der Waals surface area contributed by atoms with Crippen LogP contribution in [-0.4, -0.2) is 63.6 Å². The van der Waals surface area contributed by atoms with Crippen molar-refractivity contribution in [3.05, 3.63) is 46.9 Å². The molecule has 0 aromatic carbocycles. The molecule has 5 rings (SSSR count). The first-order chi connectivity index (χ1) is 13.2. The van der Waals surface area contributed by atoms with Gasteiger partial charge in [-0.3, -0.25) is 9.69 Å². The summed E-state index contributed by atoms with van der Waals surface area (Å²) in [6.07, 6.45) is 8.99. The molecule has 27 heavy (non-hydrogen) atoms. The molecule has 2 atom stereocenters. The van der Waals surface area contributed by atoms with Crippen LogP contribution in [-0.2, 0) is 6.54 Å². The van der Waals surface area contributed by atoms with Gasteiger partial charge in [0.15, 0.2) is 0 Å². The molecule has 0 unspecified atom stereocenters. The maximum absolute atomic E-state index is 12.6. The van der Waals surface area contributed by atoms with Crippen LogP contribution >= 0.6 is 0 Å². The van der Waals surface area contributed by atoms with Gasteiger partial charge in [0.2, 0.25) is 0 Å². The Morgan fingerprint density at radius 3 is 2.59 bits per heavy atom. The summed E-state index contributed by atoms with van der Waals surface area (Å²) in [5.74, 6) is 0.997. The molecule has 2 aromatic heterocycles. The molecule has 0 aliphatic carbocycles. The van der Waals surface area contributed by atoms with Crippen molar-refractivity contribution in [2.75, 3.05) is 33.2 Å². The van der Waals surface area contributed by atoms with E-state index in [-0.39, 0.29) is 5.56 Å². The summed E-state index contributed by atoms with van der Waals surface area (Å²) in [6, 6.07) is 4.38. The Balaban J connectivity index is 1.50. The van der Waals surface area contributed by atoms with Gasteiger partial charge >= 0.3 is 0 Å². The minimum Gasteiger partial charge on any atom is -0.311 e. The van der Waals surface area contributed by atoms with Crippen LogP contribution in [0, 0.1) is 5.92 Å². The number of fused-ring (bicyclic) bond motifs is 4. The van der Waals surface area contributed by atoms with Gasteiger partial charge in [-0.15, -0.1) is 0 Å². The third-order valence-corrected chi connectivity index (χ3v) is 6.69. The second-order valence-electron chi connectivity index (χ2n) is 8.50. The van der Waals surface area contributed by atoms with E-state index in [4.69, 9.17) is 0 Å². The molecule has 2 saturated heterocycles. The number of hydrogen-bond donors (Lipinski definition) is 0. The van der Waals surface area contributed by atoms with E-state index in [1.165, 1.54) is 38.0 Å². The van der Waals surface area contributed by atoms with E-state index in [2.05, 4.69) is 26.8 Å². The number of rotatable bonds is 2. The fraction of sp³-hybridized carbons (Fsp3) is 0.571. The van der Waals surface area contributed by atoms with Gasteiger partial charge in [-0.25, -0.2) is 9.97 Å². The molecule has 0 amide bonds. The monoisotopic (exact) mass is 365 g/mol. The normalized spacial score (nSPS) is 26.7. The molecule has 0 N–H and O–H groups in total. The number of hydrogen-bond acceptors (Lipinski definition) is 5. The fourth-order valence-corrected chi connectivity index (χ4v) is 5.39. The number of piperidine rings is 2. The van der Waals surface area contributed by atoms with Crippen LogP contribution in [0.3, 0.4) is 0 Å². The van der Waals surface area contributed by atoms with Crippen molar-refractivity contribution in [2.24, 2.45) is 5.92 Å². The van der Waals surface area contributed by atoms with E-state index in [1.807, 2.05) is 23.0 Å². The summed E-state index contributed by atoms with van der Waals surface area (Å²) in [7, 11) is 2.22. The summed E-state index contributed by atoms with van der Waals surface area (Å²) >= 11 is 0. The first-order valence-electron chi connectivity index (χ1n) is 10.1. The van der Waals surface area contributed by atoms with Crippen molar-refractivity contribution in [3.8, 4) is 11.1 Å². The van der Waals surface area contributed by atoms with Crippen molar-refractivity contribution >= 4 is 0 Å². The van der Waals surface area contributed by atoms with Crippen LogP contribution in [0.2, 0.25) is 0 Å². The van der Waals surface area contributed by atoms with Crippen LogP contribution in [0.5, 0.6) is 0 Å². The summed E-state index contributed by atoms with van der Waals surface area (Å²) in [6.45, 7) is 5.43. The van der Waals surface area contributed by atoms with Gasteiger partial charge in [0.05, 0.1) is 0 Å². The van der Waals surface area contributed by atoms with Crippen LogP contribution in [0.25, 0.3) is 11.1 Å². The fourth-order valence-electron chi connectivity index (χ4n) is 5.39. The Morgan fingerprint density at radius 2 is 1.81 bits per heavy atom. The van der Waals surface area contributed by atoms with E-state index in [1.54, 1.807) is 12.4 Å². The minimum absolute atomic E-state index is 0.132. The van der Waals surface area contributed by atoms with Gasteiger partial charge < -0.3 is 9.47 Å². The molecule has 6 nitrogen and oxygen atoms in total. The molecule has 142 valence electrons. The Hall–Kier alpha value is -2.05. The lowest BCUT2D eigenvalue weighted by Gasteiger charge is -2.47. The molecular formula is C21H27N5O. The highest BCUT2D eigenvalue weighted by Gasteiger charge is 2.38. The number of aromatic nitrogens is 3. The minimum atomic E-state index is 0.132. The van der Waals surface area contributed by atoms with Gasteiger partial charge in [0, 0.05) is 66.9 Å². The lowest BCUT2D eigenvalue weighted by molar-refractivity contribution is 0.0519. The van der Waals surface area contributed by atoms with Crippen molar-refractivity contribution in [3.63, 3.8) is 0 Å². The largest absolute Gasteiger partial charge is 0.311 e. The van der Waals surface area contributed by atoms with Crippen LogP contribution in [0.1, 0.15) is 30.9 Å². The maximum atomic E-state index is 12.6. The van der Waals surface area contributed by atoms with Gasteiger partial charge in [0.25, 0.3) is 5.56 Å². The predicted octanol–water partition coefficient (Wildman–Crippen LogP) is 1.82. The number of likely N-dealkylation sites (tertiary alicyclic amines) is 2. The molecule has 0 saturated carbocycles. The molecule has 5 heterocycles. The lowest BCUT2D eigenvalue weighted by Crippen LogP contribution is -2.53. The standard InChI is InChI=1S/C21H27N5O/c1-24-6-4-18(5-7-24)25-11-15-8-16(13-25)21-19(17-9-22-14-23-10-17)2-3-20(27)26(21)12-15/h2-3,9-10,14-16,18H,4-8,11-13H2,1H3/t15-,16+/m0/s1. The average Bonchev–Trinajstić information content (AvgIpc) is 2.70. The Morgan fingerprint density at radius 1 is 1.04 bits per heavy atom. The molecule has 2 bridgehead atoms. The quantitative estimate of drug-likeness (QED) is 0.813. The summed E-state index contributed by atoms with van der Waals surface area (Å²) < 4.78 is 2.03. The van der Waals surface area contributed by atoms with E-state index < -0.39 is 0 Å². The topological polar surface area (TPSA) is 54.3 Å². The van der Waals surface area contributed by atoms with Crippen molar-refractivity contribution < 1.29 is 0 Å². The van der Waals surface area contributed by atoms with Crippen LogP contribution < -0.4 is 5.56 Å². The SMILES string of the molecule is CN1CCC(N2C[C@@H]3C[C@H](C2)c2c(-c4cncnc4)ccc(=O)n2C3)CC1. The predicted molar refractivity (Wildman–Crippen MR) is 105 cm³/mol. The van der Waals surface area contributed by atoms with Gasteiger partial charge in [-0.2, -0.15) is 0 Å². The Bertz CT molecular complexity index is 872. The highest BCUT2D eigenvalue weighted by molar-refractivity contribution is 5.65. The number of pyridine rings is 1. The highest BCUT2D eigenvalue weighted by Crippen LogP contribution is 2.40. The molecule has 3 aliphatic heterocycles. The second-order valence-corrected chi connectivity index (χ2v) is 8.50. The third kappa shape index (κ3) is 3.11. The zero-order valence-electron chi connectivity index (χ0n) is 15.9. The lowest BCUT2D eigenvalue weighted by atomic mass is 9.80. The summed E-state index contributed by atoms with van der Waals surface area (Å²) in [4.78, 5) is 26.2. The molecule has 2 fully saturated rings. The molecule has 3 aliphatic rings. The van der Waals surface area contributed by atoms with Crippen LogP contribution in [0.15, 0.2) is 35.6 Å². The third-order valence-electron chi connectivity index (χ3n) is 6.69. The first-order valence-corrected chi connectivity index (χ1v) is 10.1. The van der Waals surface area contributed by atoms with E-state index in [0.29, 0.717) is 17.9 Å². The molecule has 2 aromatic rings. The van der Waals surface area contributed by atoms with Gasteiger partial charge in [0.1, 0.15) is 6.33 Å². The first kappa shape index (κ1) is 17.1. The van der Waals surface area contributed by atoms with Gasteiger partial charge in [-0.1, -0.05) is 0 Å². The Labute approximate surface area is 159 Å². The summed E-state index contributed by atoms with van der Waals surface area (Å²) in [5.41, 5.74) is 3.47. The highest BCUT2D eigenvalue weighted by atomic mass is 16.1. The summed E-state index contributed by atoms with van der Waals surface area (Å²) in [5, 5.41) is 0. The molecular weight excluding hydrogens is 338 g/mol. The van der Waals surface area contributed by atoms with Crippen molar-refractivity contribution in [2.45, 2.75) is 37.8 Å². The molecule has 6 heteroatoms. The number of nitrogens with zero attached hydrogens (tertiary/aromatic N) is 5. The maximum Gasteiger partial charge on any atom is 0.250 e. The zero-order valence-corrected chi connectivity index (χ0v) is 15.9. The molecule has 0 spiro atoms. The van der Waals surface area contributed by atoms with Crippen molar-refractivity contribution in [1.82, 2.24) is 24.3 Å².